The van der Waals surface area contributed by atoms with Crippen LogP contribution in [0.1, 0.15) is 38.7 Å². The van der Waals surface area contributed by atoms with E-state index in [4.69, 9.17) is 0 Å². The Labute approximate surface area is 180 Å². The van der Waals surface area contributed by atoms with Gasteiger partial charge in [-0.1, -0.05) is 32.0 Å². The minimum Gasteiger partial charge on any atom is -0.480 e. The zero-order valence-electron chi connectivity index (χ0n) is 17.6. The zero-order chi connectivity index (χ0) is 22.5. The number of nitrogens with one attached hydrogen (secondary N) is 4. The van der Waals surface area contributed by atoms with Crippen LogP contribution in [0.25, 0.3) is 10.9 Å². The van der Waals surface area contributed by atoms with Gasteiger partial charge in [-0.15, -0.1) is 0 Å². The van der Waals surface area contributed by atoms with Gasteiger partial charge < -0.3 is 26.0 Å². The van der Waals surface area contributed by atoms with E-state index in [2.05, 4.69) is 20.9 Å². The van der Waals surface area contributed by atoms with Gasteiger partial charge in [-0.05, 0) is 30.4 Å². The largest absolute Gasteiger partial charge is 0.480 e. The van der Waals surface area contributed by atoms with E-state index in [1.165, 1.54) is 0 Å². The number of carboxylic acid groups (broad SMARTS) is 1. The molecule has 3 amide bonds. The van der Waals surface area contributed by atoms with E-state index in [0.29, 0.717) is 12.8 Å². The number of carbonyl (C=O) groups excluding carboxylic acids is 3. The quantitative estimate of drug-likeness (QED) is 0.407. The molecule has 166 valence electrons. The fourth-order valence-electron chi connectivity index (χ4n) is 3.78. The molecular weight excluding hydrogens is 400 g/mol. The first-order chi connectivity index (χ1) is 14.7. The molecule has 1 saturated heterocycles. The van der Waals surface area contributed by atoms with Crippen molar-refractivity contribution in [1.29, 1.82) is 0 Å². The molecule has 9 heteroatoms. The van der Waals surface area contributed by atoms with Crippen LogP contribution in [0.4, 0.5) is 0 Å². The summed E-state index contributed by atoms with van der Waals surface area (Å²) in [5.74, 6) is -2.26. The van der Waals surface area contributed by atoms with Crippen molar-refractivity contribution >= 4 is 34.6 Å². The molecule has 5 N–H and O–H groups in total. The van der Waals surface area contributed by atoms with Gasteiger partial charge in [0.15, 0.2) is 0 Å². The summed E-state index contributed by atoms with van der Waals surface area (Å²) >= 11 is 0. The number of amides is 3. The number of aliphatic carboxylic acids is 1. The lowest BCUT2D eigenvalue weighted by Crippen LogP contribution is -2.55. The normalized spacial score (nSPS) is 17.9. The topological polar surface area (TPSA) is 140 Å². The molecule has 1 aliphatic rings. The molecule has 2 heterocycles. The van der Waals surface area contributed by atoms with Crippen LogP contribution in [0.5, 0.6) is 0 Å². The van der Waals surface area contributed by atoms with Crippen LogP contribution in [-0.2, 0) is 25.6 Å². The third-order valence-corrected chi connectivity index (χ3v) is 5.37. The summed E-state index contributed by atoms with van der Waals surface area (Å²) in [7, 11) is 0. The minimum atomic E-state index is -1.16. The predicted octanol–water partition coefficient (Wildman–Crippen LogP) is 1.09. The van der Waals surface area contributed by atoms with Crippen LogP contribution in [-0.4, -0.2) is 51.9 Å². The Morgan fingerprint density at radius 2 is 1.90 bits per heavy atom. The first kappa shape index (κ1) is 22.3. The van der Waals surface area contributed by atoms with E-state index >= 15 is 0 Å². The molecular formula is C22H28N4O5. The van der Waals surface area contributed by atoms with Gasteiger partial charge in [0.25, 0.3) is 0 Å². The second-order valence-corrected chi connectivity index (χ2v) is 8.31. The third-order valence-electron chi connectivity index (χ3n) is 5.37. The molecule has 0 radical (unpaired) electrons. The van der Waals surface area contributed by atoms with E-state index in [1.807, 2.05) is 38.1 Å². The highest BCUT2D eigenvalue weighted by Crippen LogP contribution is 2.19. The second kappa shape index (κ2) is 9.63. The Balaban J connectivity index is 1.70. The number of hydrogen-bond acceptors (Lipinski definition) is 4. The highest BCUT2D eigenvalue weighted by atomic mass is 16.4. The van der Waals surface area contributed by atoms with Crippen molar-refractivity contribution in [3.63, 3.8) is 0 Å². The van der Waals surface area contributed by atoms with Crippen molar-refractivity contribution in [3.05, 3.63) is 36.0 Å². The lowest BCUT2D eigenvalue weighted by Gasteiger charge is -2.24. The Morgan fingerprint density at radius 1 is 1.16 bits per heavy atom. The van der Waals surface area contributed by atoms with Crippen molar-refractivity contribution in [1.82, 2.24) is 20.9 Å². The first-order valence-electron chi connectivity index (χ1n) is 10.4. The molecule has 0 aliphatic carbocycles. The molecule has 0 bridgehead atoms. The molecule has 0 spiro atoms. The number of rotatable bonds is 9. The molecule has 0 unspecified atom stereocenters. The van der Waals surface area contributed by atoms with Crippen LogP contribution in [0, 0.1) is 5.92 Å². The maximum atomic E-state index is 12.9. The molecule has 0 saturated carbocycles. The summed E-state index contributed by atoms with van der Waals surface area (Å²) in [6.07, 6.45) is 2.83. The van der Waals surface area contributed by atoms with E-state index in [1.54, 1.807) is 6.20 Å². The summed E-state index contributed by atoms with van der Waals surface area (Å²) in [6.45, 7) is 3.81. The lowest BCUT2D eigenvalue weighted by molar-refractivity contribution is -0.142. The van der Waals surface area contributed by atoms with Crippen LogP contribution >= 0.6 is 0 Å². The summed E-state index contributed by atoms with van der Waals surface area (Å²) < 4.78 is 0. The Morgan fingerprint density at radius 3 is 2.55 bits per heavy atom. The molecule has 1 aromatic carbocycles. The number of hydrogen-bond donors (Lipinski definition) is 5. The summed E-state index contributed by atoms with van der Waals surface area (Å²) in [5.41, 5.74) is 1.66. The average molecular weight is 428 g/mol. The fraction of sp³-hybridized carbons (Fsp3) is 0.455. The van der Waals surface area contributed by atoms with Crippen molar-refractivity contribution in [2.24, 2.45) is 5.92 Å². The average Bonchev–Trinajstić information content (AvgIpc) is 3.33. The summed E-state index contributed by atoms with van der Waals surface area (Å²) in [6, 6.07) is 4.81. The molecule has 31 heavy (non-hydrogen) atoms. The number of benzene rings is 1. The Kier molecular flexibility index (Phi) is 6.94. The number of fused-ring (bicyclic) bond motifs is 1. The Bertz CT molecular complexity index is 983. The molecule has 3 rings (SSSR count). The number of aromatic amines is 1. The van der Waals surface area contributed by atoms with Gasteiger partial charge in [0.05, 0.1) is 0 Å². The van der Waals surface area contributed by atoms with Crippen molar-refractivity contribution in [2.75, 3.05) is 0 Å². The highest BCUT2D eigenvalue weighted by Gasteiger charge is 2.32. The number of para-hydroxylation sites is 1. The van der Waals surface area contributed by atoms with Gasteiger partial charge in [-0.25, -0.2) is 4.79 Å². The van der Waals surface area contributed by atoms with Crippen LogP contribution in [0.15, 0.2) is 30.5 Å². The second-order valence-electron chi connectivity index (χ2n) is 8.31. The van der Waals surface area contributed by atoms with E-state index in [0.717, 1.165) is 16.5 Å². The first-order valence-corrected chi connectivity index (χ1v) is 10.4. The smallest absolute Gasteiger partial charge is 0.326 e. The van der Waals surface area contributed by atoms with Crippen molar-refractivity contribution in [3.8, 4) is 0 Å². The molecule has 1 aromatic heterocycles. The maximum absolute atomic E-state index is 12.9. The number of carboxylic acids is 1. The standard InChI is InChI=1S/C22H28N4O5/c1-12(2)9-17(25-20(28)16-7-8-19(27)24-16)21(29)26-18(22(30)31)10-13-11-23-15-6-4-3-5-14(13)15/h3-6,11-12,16-18,23H,7-10H2,1-2H3,(H,24,27)(H,25,28)(H,26,29)(H,30,31)/t16-,17-,18-/m0/s1. The Hall–Kier alpha value is -3.36. The van der Waals surface area contributed by atoms with Gasteiger partial charge >= 0.3 is 5.97 Å². The minimum absolute atomic E-state index is 0.0890. The van der Waals surface area contributed by atoms with Crippen LogP contribution in [0.3, 0.4) is 0 Å². The molecule has 2 aromatic rings. The summed E-state index contributed by atoms with van der Waals surface area (Å²) in [4.78, 5) is 51.7. The van der Waals surface area contributed by atoms with E-state index in [9.17, 15) is 24.3 Å². The molecule has 3 atom stereocenters. The number of H-pyrrole nitrogens is 1. The van der Waals surface area contributed by atoms with Gasteiger partial charge in [0.1, 0.15) is 18.1 Å². The third kappa shape index (κ3) is 5.62. The van der Waals surface area contributed by atoms with E-state index in [-0.39, 0.29) is 24.7 Å². The molecule has 1 aliphatic heterocycles. The van der Waals surface area contributed by atoms with Crippen LogP contribution < -0.4 is 16.0 Å². The van der Waals surface area contributed by atoms with Crippen LogP contribution in [0.2, 0.25) is 0 Å². The van der Waals surface area contributed by atoms with Gasteiger partial charge in [-0.3, -0.25) is 14.4 Å². The van der Waals surface area contributed by atoms with E-state index < -0.39 is 35.9 Å². The maximum Gasteiger partial charge on any atom is 0.326 e. The SMILES string of the molecule is CC(C)C[C@H](NC(=O)[C@@H]1CCC(=O)N1)C(=O)N[C@@H](Cc1c[nH]c2ccccc12)C(=O)O. The van der Waals surface area contributed by atoms with Gasteiger partial charge in [0.2, 0.25) is 17.7 Å². The number of carbonyl (C=O) groups is 4. The monoisotopic (exact) mass is 428 g/mol. The number of aromatic nitrogens is 1. The molecule has 1 fully saturated rings. The van der Waals surface area contributed by atoms with Gasteiger partial charge in [-0.2, -0.15) is 0 Å². The molecule has 9 nitrogen and oxygen atoms in total. The van der Waals surface area contributed by atoms with Crippen molar-refractivity contribution < 1.29 is 24.3 Å². The van der Waals surface area contributed by atoms with Crippen molar-refractivity contribution in [2.45, 2.75) is 57.7 Å². The summed E-state index contributed by atoms with van der Waals surface area (Å²) in [5, 5.41) is 18.4. The highest BCUT2D eigenvalue weighted by molar-refractivity contribution is 5.95. The zero-order valence-corrected chi connectivity index (χ0v) is 17.6. The fourth-order valence-corrected chi connectivity index (χ4v) is 3.78. The lowest BCUT2D eigenvalue weighted by atomic mass is 10.0. The van der Waals surface area contributed by atoms with Gasteiger partial charge in [0, 0.05) is 29.9 Å². The predicted molar refractivity (Wildman–Crippen MR) is 114 cm³/mol.